The minimum absolute atomic E-state index is 0.234. The van der Waals surface area contributed by atoms with Crippen LogP contribution in [0.3, 0.4) is 0 Å². The van der Waals surface area contributed by atoms with Gasteiger partial charge in [-0.2, -0.15) is 11.8 Å². The minimum Gasteiger partial charge on any atom is -0.481 e. The van der Waals surface area contributed by atoms with Gasteiger partial charge in [0.25, 0.3) is 0 Å². The Labute approximate surface area is 104 Å². The maximum Gasteiger partial charge on any atom is 0.307 e. The third-order valence-electron chi connectivity index (χ3n) is 2.39. The smallest absolute Gasteiger partial charge is 0.307 e. The van der Waals surface area contributed by atoms with Crippen molar-refractivity contribution in [2.24, 2.45) is 5.92 Å². The van der Waals surface area contributed by atoms with Gasteiger partial charge in [-0.1, -0.05) is 6.92 Å². The van der Waals surface area contributed by atoms with Crippen molar-refractivity contribution in [3.8, 4) is 0 Å². The summed E-state index contributed by atoms with van der Waals surface area (Å²) in [6.45, 7) is 9.08. The summed E-state index contributed by atoms with van der Waals surface area (Å²) in [7, 11) is -1.43. The Kier molecular flexibility index (Phi) is 8.14. The van der Waals surface area contributed by atoms with E-state index in [0.717, 1.165) is 24.8 Å². The van der Waals surface area contributed by atoms with Gasteiger partial charge >= 0.3 is 5.97 Å². The monoisotopic (exact) mass is 264 g/mol. The van der Waals surface area contributed by atoms with E-state index < -0.39 is 14.3 Å². The molecular weight excluding hydrogens is 240 g/mol. The van der Waals surface area contributed by atoms with Gasteiger partial charge in [0.15, 0.2) is 8.32 Å². The Balaban J connectivity index is 3.50. The lowest BCUT2D eigenvalue weighted by Gasteiger charge is -2.21. The number of carboxylic acids is 1. The molecule has 0 rings (SSSR count). The van der Waals surface area contributed by atoms with E-state index in [2.05, 4.69) is 13.1 Å². The molecule has 0 aromatic heterocycles. The third kappa shape index (κ3) is 8.18. The lowest BCUT2D eigenvalue weighted by Crippen LogP contribution is -2.30. The molecule has 3 nitrogen and oxygen atoms in total. The fourth-order valence-corrected chi connectivity index (χ4v) is 4.62. The maximum absolute atomic E-state index is 10.6. The minimum atomic E-state index is -1.43. The molecule has 0 saturated heterocycles. The summed E-state index contributed by atoms with van der Waals surface area (Å²) < 4.78 is 5.73. The lowest BCUT2D eigenvalue weighted by molar-refractivity contribution is -0.140. The van der Waals surface area contributed by atoms with E-state index in [1.54, 1.807) is 18.7 Å². The molecule has 0 radical (unpaired) electrons. The van der Waals surface area contributed by atoms with Crippen LogP contribution in [0.1, 0.15) is 20.3 Å². The molecule has 1 atom stereocenters. The van der Waals surface area contributed by atoms with Gasteiger partial charge in [0, 0.05) is 12.4 Å². The summed E-state index contributed by atoms with van der Waals surface area (Å²) in [6, 6.07) is 1.16. The number of aliphatic carboxylic acids is 1. The highest BCUT2D eigenvalue weighted by Gasteiger charge is 2.20. The Bertz CT molecular complexity index is 209. The molecule has 0 aromatic rings. The van der Waals surface area contributed by atoms with Gasteiger partial charge in [0.1, 0.15) is 0 Å². The van der Waals surface area contributed by atoms with E-state index in [9.17, 15) is 4.79 Å². The topological polar surface area (TPSA) is 46.5 Å². The highest BCUT2D eigenvalue weighted by Crippen LogP contribution is 2.17. The first kappa shape index (κ1) is 16.0. The first-order valence-electron chi connectivity index (χ1n) is 5.83. The summed E-state index contributed by atoms with van der Waals surface area (Å²) in [5, 5.41) is 8.71. The van der Waals surface area contributed by atoms with Crippen LogP contribution in [0.2, 0.25) is 19.1 Å². The second-order valence-electron chi connectivity index (χ2n) is 4.61. The molecule has 0 aliphatic heterocycles. The highest BCUT2D eigenvalue weighted by molar-refractivity contribution is 7.99. The molecule has 0 heterocycles. The van der Waals surface area contributed by atoms with Crippen LogP contribution in [-0.4, -0.2) is 37.5 Å². The predicted molar refractivity (Wildman–Crippen MR) is 72.7 cm³/mol. The molecule has 5 heteroatoms. The van der Waals surface area contributed by atoms with Gasteiger partial charge < -0.3 is 9.53 Å². The van der Waals surface area contributed by atoms with Crippen LogP contribution in [0.5, 0.6) is 0 Å². The summed E-state index contributed by atoms with van der Waals surface area (Å²) in [5.74, 6) is 0.825. The Hall–Kier alpha value is -0.00312. The standard InChI is InChI=1S/C11H24O3SSi/c1-5-14-16(3,4)8-6-7-15-9-10(2)11(12)13/h10H,5-9H2,1-4H3,(H,12,13). The summed E-state index contributed by atoms with van der Waals surface area (Å²) in [5.41, 5.74) is 0. The van der Waals surface area contributed by atoms with Crippen LogP contribution in [0.4, 0.5) is 0 Å². The van der Waals surface area contributed by atoms with Gasteiger partial charge in [-0.15, -0.1) is 0 Å². The van der Waals surface area contributed by atoms with Crippen molar-refractivity contribution in [3.63, 3.8) is 0 Å². The average molecular weight is 264 g/mol. The summed E-state index contributed by atoms with van der Waals surface area (Å²) >= 11 is 1.73. The quantitative estimate of drug-likeness (QED) is 0.513. The number of rotatable bonds is 9. The molecule has 0 fully saturated rings. The van der Waals surface area contributed by atoms with Crippen molar-refractivity contribution in [2.45, 2.75) is 39.4 Å². The number of hydrogen-bond acceptors (Lipinski definition) is 3. The van der Waals surface area contributed by atoms with Gasteiger partial charge in [-0.3, -0.25) is 4.79 Å². The van der Waals surface area contributed by atoms with Crippen molar-refractivity contribution >= 4 is 26.0 Å². The van der Waals surface area contributed by atoms with Gasteiger partial charge in [-0.05, 0) is 38.2 Å². The second-order valence-corrected chi connectivity index (χ2v) is 10.1. The molecule has 1 unspecified atom stereocenters. The normalized spacial score (nSPS) is 13.8. The molecule has 0 spiro atoms. The zero-order valence-corrected chi connectivity index (χ0v) is 12.6. The Morgan fingerprint density at radius 2 is 2.12 bits per heavy atom. The zero-order valence-electron chi connectivity index (χ0n) is 10.8. The fraction of sp³-hybridized carbons (Fsp3) is 0.909. The van der Waals surface area contributed by atoms with Crippen molar-refractivity contribution in [1.29, 1.82) is 0 Å². The molecule has 96 valence electrons. The highest BCUT2D eigenvalue weighted by atomic mass is 32.2. The van der Waals surface area contributed by atoms with Gasteiger partial charge in [0.05, 0.1) is 5.92 Å². The zero-order chi connectivity index (χ0) is 12.6. The maximum atomic E-state index is 10.6. The largest absolute Gasteiger partial charge is 0.481 e. The Morgan fingerprint density at radius 1 is 1.50 bits per heavy atom. The van der Waals surface area contributed by atoms with Crippen LogP contribution in [-0.2, 0) is 9.22 Å². The predicted octanol–water partition coefficient (Wildman–Crippen LogP) is 3.07. The van der Waals surface area contributed by atoms with E-state index >= 15 is 0 Å². The van der Waals surface area contributed by atoms with Crippen molar-refractivity contribution in [3.05, 3.63) is 0 Å². The summed E-state index contributed by atoms with van der Waals surface area (Å²) in [4.78, 5) is 10.6. The molecule has 0 aliphatic carbocycles. The number of carbonyl (C=O) groups is 1. The van der Waals surface area contributed by atoms with Gasteiger partial charge in [0.2, 0.25) is 0 Å². The van der Waals surface area contributed by atoms with E-state index in [1.807, 2.05) is 6.92 Å². The van der Waals surface area contributed by atoms with Crippen LogP contribution in [0.15, 0.2) is 0 Å². The van der Waals surface area contributed by atoms with Crippen LogP contribution < -0.4 is 0 Å². The van der Waals surface area contributed by atoms with Crippen LogP contribution >= 0.6 is 11.8 Å². The molecular formula is C11H24O3SSi. The van der Waals surface area contributed by atoms with Crippen molar-refractivity contribution in [1.82, 2.24) is 0 Å². The first-order chi connectivity index (χ1) is 7.39. The molecule has 0 bridgehead atoms. The van der Waals surface area contributed by atoms with Crippen LogP contribution in [0, 0.1) is 5.92 Å². The molecule has 0 saturated carbocycles. The van der Waals surface area contributed by atoms with Crippen molar-refractivity contribution in [2.75, 3.05) is 18.1 Å². The number of carboxylic acid groups (broad SMARTS) is 1. The van der Waals surface area contributed by atoms with Crippen molar-refractivity contribution < 1.29 is 14.3 Å². The molecule has 0 aromatic carbocycles. The summed E-state index contributed by atoms with van der Waals surface area (Å²) in [6.07, 6.45) is 1.14. The van der Waals surface area contributed by atoms with E-state index in [4.69, 9.17) is 9.53 Å². The average Bonchev–Trinajstić information content (AvgIpc) is 2.16. The molecule has 1 N–H and O–H groups in total. The molecule has 0 amide bonds. The fourth-order valence-electron chi connectivity index (χ4n) is 1.39. The van der Waals surface area contributed by atoms with E-state index in [1.165, 1.54) is 0 Å². The molecule has 0 aliphatic rings. The van der Waals surface area contributed by atoms with E-state index in [-0.39, 0.29) is 5.92 Å². The second kappa shape index (κ2) is 8.14. The number of thioether (sulfide) groups is 1. The Morgan fingerprint density at radius 3 is 2.62 bits per heavy atom. The van der Waals surface area contributed by atoms with E-state index in [0.29, 0.717) is 5.75 Å². The lowest BCUT2D eigenvalue weighted by atomic mass is 10.2. The first-order valence-corrected chi connectivity index (χ1v) is 10.1. The molecule has 16 heavy (non-hydrogen) atoms. The third-order valence-corrected chi connectivity index (χ3v) is 6.33. The number of hydrogen-bond donors (Lipinski definition) is 1. The van der Waals surface area contributed by atoms with Gasteiger partial charge in [-0.25, -0.2) is 0 Å². The van der Waals surface area contributed by atoms with Crippen LogP contribution in [0.25, 0.3) is 0 Å². The SMILES string of the molecule is CCO[Si](C)(C)CCCSCC(C)C(=O)O.